The first-order chi connectivity index (χ1) is 11.5. The quantitative estimate of drug-likeness (QED) is 0.755. The smallest absolute Gasteiger partial charge is 0.220 e. The van der Waals surface area contributed by atoms with Gasteiger partial charge in [0.05, 0.1) is 6.10 Å². The van der Waals surface area contributed by atoms with Crippen molar-refractivity contribution < 1.29 is 14.7 Å². The van der Waals surface area contributed by atoms with Gasteiger partial charge in [-0.15, -0.1) is 0 Å². The van der Waals surface area contributed by atoms with Gasteiger partial charge in [-0.3, -0.25) is 14.6 Å². The van der Waals surface area contributed by atoms with Gasteiger partial charge in [0, 0.05) is 41.9 Å². The molecule has 1 aromatic heterocycles. The van der Waals surface area contributed by atoms with Crippen molar-refractivity contribution in [1.29, 1.82) is 0 Å². The molecule has 0 spiro atoms. The molecular weight excluding hydrogens is 328 g/mol. The van der Waals surface area contributed by atoms with Gasteiger partial charge in [-0.25, -0.2) is 0 Å². The maximum Gasteiger partial charge on any atom is 0.220 e. The van der Waals surface area contributed by atoms with Gasteiger partial charge in [-0.05, 0) is 42.0 Å². The highest BCUT2D eigenvalue weighted by Gasteiger charge is 2.19. The number of aliphatic hydroxyl groups excluding tert-OH is 1. The van der Waals surface area contributed by atoms with E-state index in [0.717, 1.165) is 0 Å². The van der Waals surface area contributed by atoms with Gasteiger partial charge in [0.1, 0.15) is 0 Å². The summed E-state index contributed by atoms with van der Waals surface area (Å²) in [6, 6.07) is 9.95. The lowest BCUT2D eigenvalue weighted by Gasteiger charge is -2.14. The Bertz CT molecular complexity index is 689. The minimum atomic E-state index is -0.806. The number of aromatic nitrogens is 1. The molecule has 0 saturated heterocycles. The van der Waals surface area contributed by atoms with E-state index in [2.05, 4.69) is 10.3 Å². The Labute approximate surface area is 145 Å². The molecular formula is C18H19ClN2O3. The van der Waals surface area contributed by atoms with Crippen LogP contribution in [0.15, 0.2) is 48.8 Å². The SMILES string of the molecule is CC(CC(=O)NCC(O)c1ccncc1)C(=O)c1ccc(Cl)cc1. The Hall–Kier alpha value is -2.24. The third-order valence-corrected chi connectivity index (χ3v) is 3.90. The summed E-state index contributed by atoms with van der Waals surface area (Å²) in [4.78, 5) is 28.1. The second-order valence-corrected chi connectivity index (χ2v) is 6.01. The molecule has 0 aliphatic heterocycles. The van der Waals surface area contributed by atoms with Gasteiger partial charge in [-0.2, -0.15) is 0 Å². The topological polar surface area (TPSA) is 79.3 Å². The summed E-state index contributed by atoms with van der Waals surface area (Å²) in [5.41, 5.74) is 1.20. The van der Waals surface area contributed by atoms with Crippen molar-refractivity contribution in [3.63, 3.8) is 0 Å². The fourth-order valence-corrected chi connectivity index (χ4v) is 2.38. The average molecular weight is 347 g/mol. The van der Waals surface area contributed by atoms with Crippen LogP contribution in [0.3, 0.4) is 0 Å². The van der Waals surface area contributed by atoms with E-state index < -0.39 is 12.0 Å². The first-order valence-electron chi connectivity index (χ1n) is 7.62. The van der Waals surface area contributed by atoms with Crippen molar-refractivity contribution >= 4 is 23.3 Å². The van der Waals surface area contributed by atoms with Crippen molar-refractivity contribution in [1.82, 2.24) is 10.3 Å². The second-order valence-electron chi connectivity index (χ2n) is 5.58. The Morgan fingerprint density at radius 2 is 1.79 bits per heavy atom. The van der Waals surface area contributed by atoms with Gasteiger partial charge < -0.3 is 10.4 Å². The van der Waals surface area contributed by atoms with E-state index in [0.29, 0.717) is 16.1 Å². The highest BCUT2D eigenvalue weighted by Crippen LogP contribution is 2.16. The van der Waals surface area contributed by atoms with Crippen LogP contribution in [0.1, 0.15) is 35.4 Å². The molecule has 126 valence electrons. The number of pyridine rings is 1. The van der Waals surface area contributed by atoms with Gasteiger partial charge in [0.15, 0.2) is 5.78 Å². The lowest BCUT2D eigenvalue weighted by atomic mass is 9.96. The number of hydrogen-bond acceptors (Lipinski definition) is 4. The van der Waals surface area contributed by atoms with Gasteiger partial charge >= 0.3 is 0 Å². The molecule has 2 rings (SSSR count). The monoisotopic (exact) mass is 346 g/mol. The summed E-state index contributed by atoms with van der Waals surface area (Å²) in [5, 5.41) is 13.2. The third-order valence-electron chi connectivity index (χ3n) is 3.65. The summed E-state index contributed by atoms with van der Waals surface area (Å²) < 4.78 is 0. The van der Waals surface area contributed by atoms with E-state index in [-0.39, 0.29) is 24.7 Å². The predicted octanol–water partition coefficient (Wildman–Crippen LogP) is 2.79. The number of nitrogens with one attached hydrogen (secondary N) is 1. The summed E-state index contributed by atoms with van der Waals surface area (Å²) in [6.45, 7) is 1.79. The highest BCUT2D eigenvalue weighted by atomic mass is 35.5. The van der Waals surface area contributed by atoms with Crippen molar-refractivity contribution in [2.24, 2.45) is 5.92 Å². The van der Waals surface area contributed by atoms with Crippen LogP contribution in [0.25, 0.3) is 0 Å². The summed E-state index contributed by atoms with van der Waals surface area (Å²) in [6.07, 6.45) is 2.41. The summed E-state index contributed by atoms with van der Waals surface area (Å²) >= 11 is 5.80. The zero-order chi connectivity index (χ0) is 17.5. The van der Waals surface area contributed by atoms with Crippen LogP contribution >= 0.6 is 11.6 Å². The van der Waals surface area contributed by atoms with E-state index in [4.69, 9.17) is 11.6 Å². The van der Waals surface area contributed by atoms with Crippen molar-refractivity contribution in [3.05, 3.63) is 64.9 Å². The van der Waals surface area contributed by atoms with Gasteiger partial charge in [0.25, 0.3) is 0 Å². The number of carbonyl (C=O) groups excluding carboxylic acids is 2. The molecule has 2 N–H and O–H groups in total. The zero-order valence-electron chi connectivity index (χ0n) is 13.3. The number of nitrogens with zero attached hydrogens (tertiary/aromatic N) is 1. The van der Waals surface area contributed by atoms with Crippen LogP contribution in [-0.4, -0.2) is 28.3 Å². The van der Waals surface area contributed by atoms with Gasteiger partial charge in [0.2, 0.25) is 5.91 Å². The van der Waals surface area contributed by atoms with Crippen molar-refractivity contribution in [2.75, 3.05) is 6.54 Å². The van der Waals surface area contributed by atoms with E-state index in [9.17, 15) is 14.7 Å². The molecule has 2 unspecified atom stereocenters. The first-order valence-corrected chi connectivity index (χ1v) is 7.99. The fourth-order valence-electron chi connectivity index (χ4n) is 2.26. The molecule has 0 radical (unpaired) electrons. The second kappa shape index (κ2) is 8.57. The van der Waals surface area contributed by atoms with Crippen molar-refractivity contribution in [2.45, 2.75) is 19.4 Å². The number of ketones is 1. The standard InChI is InChI=1S/C18H19ClN2O3/c1-12(18(24)14-2-4-15(19)5-3-14)10-17(23)21-11-16(22)13-6-8-20-9-7-13/h2-9,12,16,22H,10-11H2,1H3,(H,21,23). The molecule has 0 aliphatic carbocycles. The Morgan fingerprint density at radius 1 is 1.17 bits per heavy atom. The maximum atomic E-state index is 12.3. The van der Waals surface area contributed by atoms with Crippen molar-refractivity contribution in [3.8, 4) is 0 Å². The Morgan fingerprint density at radius 3 is 2.42 bits per heavy atom. The molecule has 2 aromatic rings. The molecule has 0 saturated carbocycles. The van der Waals surface area contributed by atoms with Crippen LogP contribution < -0.4 is 5.32 Å². The Balaban J connectivity index is 1.83. The molecule has 0 aliphatic rings. The van der Waals surface area contributed by atoms with Gasteiger partial charge in [-0.1, -0.05) is 18.5 Å². The minimum Gasteiger partial charge on any atom is -0.387 e. The Kier molecular flexibility index (Phi) is 6.46. The number of carbonyl (C=O) groups is 2. The van der Waals surface area contributed by atoms with Crippen LogP contribution in [0, 0.1) is 5.92 Å². The molecule has 5 nitrogen and oxygen atoms in total. The summed E-state index contributed by atoms with van der Waals surface area (Å²) in [7, 11) is 0. The maximum absolute atomic E-state index is 12.3. The number of benzene rings is 1. The normalized spacial score (nSPS) is 13.1. The summed E-state index contributed by atoms with van der Waals surface area (Å²) in [5.74, 6) is -0.848. The largest absolute Gasteiger partial charge is 0.387 e. The molecule has 1 amide bonds. The highest BCUT2D eigenvalue weighted by molar-refractivity contribution is 6.30. The lowest BCUT2D eigenvalue weighted by Crippen LogP contribution is -2.30. The molecule has 1 aromatic carbocycles. The number of Topliss-reactive ketones (excluding diaryl/α,β-unsaturated/α-hetero) is 1. The predicted molar refractivity (Wildman–Crippen MR) is 91.8 cm³/mol. The van der Waals surface area contributed by atoms with Crippen LogP contribution in [0.5, 0.6) is 0 Å². The number of rotatable bonds is 7. The first kappa shape index (κ1) is 18.1. The van der Waals surface area contributed by atoms with Crippen LogP contribution in [0.2, 0.25) is 5.02 Å². The molecule has 2 atom stereocenters. The molecule has 1 heterocycles. The number of hydrogen-bond donors (Lipinski definition) is 2. The molecule has 6 heteroatoms. The van der Waals surface area contributed by atoms with Crippen LogP contribution in [0.4, 0.5) is 0 Å². The number of amides is 1. The lowest BCUT2D eigenvalue weighted by molar-refractivity contribution is -0.122. The molecule has 24 heavy (non-hydrogen) atoms. The minimum absolute atomic E-state index is 0.0600. The molecule has 0 fully saturated rings. The fraction of sp³-hybridized carbons (Fsp3) is 0.278. The number of halogens is 1. The average Bonchev–Trinajstić information content (AvgIpc) is 2.60. The van der Waals surface area contributed by atoms with Crippen LogP contribution in [-0.2, 0) is 4.79 Å². The molecule has 0 bridgehead atoms. The van der Waals surface area contributed by atoms with E-state index in [1.807, 2.05) is 0 Å². The van der Waals surface area contributed by atoms with E-state index in [1.54, 1.807) is 55.7 Å². The van der Waals surface area contributed by atoms with E-state index >= 15 is 0 Å². The van der Waals surface area contributed by atoms with E-state index in [1.165, 1.54) is 0 Å². The third kappa shape index (κ3) is 5.15. The number of aliphatic hydroxyl groups is 1. The zero-order valence-corrected chi connectivity index (χ0v) is 14.0.